The third-order valence-electron chi connectivity index (χ3n) is 2.08. The average Bonchev–Trinajstić information content (AvgIpc) is 2.70. The van der Waals surface area contributed by atoms with Crippen molar-refractivity contribution in [3.63, 3.8) is 0 Å². The number of hydrogen-bond donors (Lipinski definition) is 1. The molecule has 78 valence electrons. The zero-order valence-corrected chi connectivity index (χ0v) is 9.41. The first kappa shape index (κ1) is 10.6. The Balaban J connectivity index is 2.49. The normalized spacial score (nSPS) is 10.6. The smallest absolute Gasteiger partial charge is 0.150 e. The monoisotopic (exact) mass is 241 g/mol. The average molecular weight is 242 g/mol. The van der Waals surface area contributed by atoms with Crippen LogP contribution in [0.15, 0.2) is 30.3 Å². The zero-order valence-electron chi connectivity index (χ0n) is 7.84. The number of nitrogens with two attached hydrogens (primary N) is 1. The van der Waals surface area contributed by atoms with Crippen LogP contribution in [0.2, 0.25) is 5.02 Å². The molecule has 2 aromatic rings. The number of hydrogen-bond acceptors (Lipinski definition) is 2. The third-order valence-corrected chi connectivity index (χ3v) is 3.51. The summed E-state index contributed by atoms with van der Waals surface area (Å²) in [6.07, 6.45) is 0. The van der Waals surface area contributed by atoms with E-state index in [9.17, 15) is 4.39 Å². The van der Waals surface area contributed by atoms with E-state index in [1.54, 1.807) is 12.1 Å². The van der Waals surface area contributed by atoms with Crippen molar-refractivity contribution in [3.8, 4) is 10.4 Å². The molecule has 0 aliphatic heterocycles. The van der Waals surface area contributed by atoms with Gasteiger partial charge in [-0.05, 0) is 18.2 Å². The molecule has 0 saturated carbocycles. The first-order valence-electron chi connectivity index (χ1n) is 4.45. The molecule has 0 bridgehead atoms. The molecule has 0 saturated heterocycles. The summed E-state index contributed by atoms with van der Waals surface area (Å²) in [6.45, 7) is 0.479. The van der Waals surface area contributed by atoms with Crippen LogP contribution < -0.4 is 5.73 Å². The molecular formula is C11H9ClFNS. The van der Waals surface area contributed by atoms with Crippen LogP contribution in [0.3, 0.4) is 0 Å². The van der Waals surface area contributed by atoms with Gasteiger partial charge in [0.15, 0.2) is 0 Å². The predicted molar refractivity (Wildman–Crippen MR) is 62.6 cm³/mol. The summed E-state index contributed by atoms with van der Waals surface area (Å²) in [4.78, 5) is 1.89. The molecule has 0 unspecified atom stereocenters. The molecule has 0 aliphatic carbocycles. The van der Waals surface area contributed by atoms with Crippen LogP contribution >= 0.6 is 22.9 Å². The van der Waals surface area contributed by atoms with Crippen molar-refractivity contribution in [3.05, 3.63) is 46.0 Å². The van der Waals surface area contributed by atoms with Crippen molar-refractivity contribution in [1.29, 1.82) is 0 Å². The third kappa shape index (κ3) is 2.04. The lowest BCUT2D eigenvalue weighted by atomic mass is 10.2. The molecule has 0 atom stereocenters. The predicted octanol–water partition coefficient (Wildman–Crippen LogP) is 3.67. The Labute approximate surface area is 96.3 Å². The number of thiophene rings is 1. The van der Waals surface area contributed by atoms with Crippen molar-refractivity contribution >= 4 is 22.9 Å². The fraction of sp³-hybridized carbons (Fsp3) is 0.0909. The lowest BCUT2D eigenvalue weighted by molar-refractivity contribution is 0.632. The number of benzene rings is 1. The van der Waals surface area contributed by atoms with Gasteiger partial charge in [-0.1, -0.05) is 23.7 Å². The summed E-state index contributed by atoms with van der Waals surface area (Å²) >= 11 is 7.19. The molecule has 1 aromatic heterocycles. The molecule has 0 aliphatic rings. The molecule has 1 heterocycles. The van der Waals surface area contributed by atoms with E-state index in [-0.39, 0.29) is 10.8 Å². The second-order valence-corrected chi connectivity index (χ2v) is 4.65. The lowest BCUT2D eigenvalue weighted by Crippen LogP contribution is -1.91. The zero-order chi connectivity index (χ0) is 10.8. The maximum Gasteiger partial charge on any atom is 0.150 e. The molecule has 2 N–H and O–H groups in total. The molecule has 15 heavy (non-hydrogen) atoms. The molecule has 0 fully saturated rings. The minimum absolute atomic E-state index is 0.148. The van der Waals surface area contributed by atoms with Crippen molar-refractivity contribution in [2.75, 3.05) is 0 Å². The first-order valence-corrected chi connectivity index (χ1v) is 5.65. The lowest BCUT2D eigenvalue weighted by Gasteiger charge is -2.00. The van der Waals surface area contributed by atoms with E-state index in [1.165, 1.54) is 17.4 Å². The van der Waals surface area contributed by atoms with Gasteiger partial charge in [0.05, 0.1) is 5.02 Å². The minimum atomic E-state index is -0.371. The molecule has 0 radical (unpaired) electrons. The highest BCUT2D eigenvalue weighted by Gasteiger charge is 2.09. The van der Waals surface area contributed by atoms with Crippen LogP contribution in [-0.2, 0) is 6.54 Å². The Morgan fingerprint density at radius 3 is 2.73 bits per heavy atom. The van der Waals surface area contributed by atoms with Crippen LogP contribution in [0.5, 0.6) is 0 Å². The first-order chi connectivity index (χ1) is 7.22. The molecule has 1 nitrogen and oxygen atoms in total. The van der Waals surface area contributed by atoms with Crippen molar-refractivity contribution in [2.45, 2.75) is 6.54 Å². The molecule has 0 spiro atoms. The summed E-state index contributed by atoms with van der Waals surface area (Å²) in [5.41, 5.74) is 6.03. The Kier molecular flexibility index (Phi) is 3.05. The largest absolute Gasteiger partial charge is 0.326 e. The van der Waals surface area contributed by atoms with E-state index < -0.39 is 0 Å². The van der Waals surface area contributed by atoms with Gasteiger partial charge in [-0.3, -0.25) is 0 Å². The summed E-state index contributed by atoms with van der Waals surface area (Å²) < 4.78 is 13.6. The van der Waals surface area contributed by atoms with Gasteiger partial charge in [0, 0.05) is 21.9 Å². The number of rotatable bonds is 2. The summed E-state index contributed by atoms with van der Waals surface area (Å²) in [7, 11) is 0. The van der Waals surface area contributed by atoms with Crippen LogP contribution in [0, 0.1) is 5.82 Å². The standard InChI is InChI=1S/C11H9ClFNS/c12-9-3-1-2-8(11(9)13)10-5-4-7(6-14)15-10/h1-5H,6,14H2. The van der Waals surface area contributed by atoms with Crippen LogP contribution in [-0.4, -0.2) is 0 Å². The van der Waals surface area contributed by atoms with E-state index >= 15 is 0 Å². The van der Waals surface area contributed by atoms with Crippen molar-refractivity contribution < 1.29 is 4.39 Å². The van der Waals surface area contributed by atoms with Crippen LogP contribution in [0.1, 0.15) is 4.88 Å². The molecule has 0 amide bonds. The van der Waals surface area contributed by atoms with Crippen LogP contribution in [0.4, 0.5) is 4.39 Å². The second-order valence-electron chi connectivity index (χ2n) is 3.07. The quantitative estimate of drug-likeness (QED) is 0.853. The van der Waals surface area contributed by atoms with Gasteiger partial charge in [-0.25, -0.2) is 4.39 Å². The second kappa shape index (κ2) is 4.31. The van der Waals surface area contributed by atoms with E-state index in [0.717, 1.165) is 9.75 Å². The van der Waals surface area contributed by atoms with Gasteiger partial charge in [0.1, 0.15) is 5.82 Å². The topological polar surface area (TPSA) is 26.0 Å². The van der Waals surface area contributed by atoms with Gasteiger partial charge in [0.25, 0.3) is 0 Å². The van der Waals surface area contributed by atoms with Crippen LogP contribution in [0.25, 0.3) is 10.4 Å². The summed E-state index contributed by atoms with van der Waals surface area (Å²) in [5.74, 6) is -0.371. The molecule has 2 rings (SSSR count). The summed E-state index contributed by atoms with van der Waals surface area (Å²) in [5, 5.41) is 0.148. The summed E-state index contributed by atoms with van der Waals surface area (Å²) in [6, 6.07) is 8.76. The van der Waals surface area contributed by atoms with Gasteiger partial charge in [-0.2, -0.15) is 0 Å². The maximum absolute atomic E-state index is 13.6. The fourth-order valence-corrected chi connectivity index (χ4v) is 2.41. The van der Waals surface area contributed by atoms with Crippen molar-refractivity contribution in [2.24, 2.45) is 5.73 Å². The van der Waals surface area contributed by atoms with Gasteiger partial charge < -0.3 is 5.73 Å². The number of halogens is 2. The van der Waals surface area contributed by atoms with E-state index in [1.807, 2.05) is 12.1 Å². The molecular weight excluding hydrogens is 233 g/mol. The molecule has 4 heteroatoms. The maximum atomic E-state index is 13.6. The molecule has 1 aromatic carbocycles. The highest BCUT2D eigenvalue weighted by molar-refractivity contribution is 7.15. The van der Waals surface area contributed by atoms with E-state index in [0.29, 0.717) is 12.1 Å². The minimum Gasteiger partial charge on any atom is -0.326 e. The highest BCUT2D eigenvalue weighted by Crippen LogP contribution is 2.32. The van der Waals surface area contributed by atoms with E-state index in [4.69, 9.17) is 17.3 Å². The SMILES string of the molecule is NCc1ccc(-c2cccc(Cl)c2F)s1. The van der Waals surface area contributed by atoms with Crippen molar-refractivity contribution in [1.82, 2.24) is 0 Å². The van der Waals surface area contributed by atoms with E-state index in [2.05, 4.69) is 0 Å². The van der Waals surface area contributed by atoms with Gasteiger partial charge in [-0.15, -0.1) is 11.3 Å². The van der Waals surface area contributed by atoms with Gasteiger partial charge in [0.2, 0.25) is 0 Å². The fourth-order valence-electron chi connectivity index (χ4n) is 1.33. The van der Waals surface area contributed by atoms with Gasteiger partial charge >= 0.3 is 0 Å². The Morgan fingerprint density at radius 2 is 2.07 bits per heavy atom. The Hall–Kier alpha value is -0.900. The highest BCUT2D eigenvalue weighted by atomic mass is 35.5. The Bertz CT molecular complexity index is 481. The Morgan fingerprint density at radius 1 is 1.27 bits per heavy atom.